The van der Waals surface area contributed by atoms with Gasteiger partial charge >= 0.3 is 0 Å². The number of thioether (sulfide) groups is 1. The largest absolute Gasteiger partial charge is 0.340 e. The Morgan fingerprint density at radius 2 is 1.93 bits per heavy atom. The lowest BCUT2D eigenvalue weighted by Crippen LogP contribution is -2.57. The van der Waals surface area contributed by atoms with Crippen molar-refractivity contribution in [3.63, 3.8) is 0 Å². The lowest BCUT2D eigenvalue weighted by Gasteiger charge is -2.38. The first-order valence-electron chi connectivity index (χ1n) is 10.7. The fraction of sp³-hybridized carbons (Fsp3) is 0.682. The zero-order valence-electron chi connectivity index (χ0n) is 17.7. The van der Waals surface area contributed by atoms with Gasteiger partial charge in [-0.3, -0.25) is 4.99 Å². The van der Waals surface area contributed by atoms with Gasteiger partial charge in [0.1, 0.15) is 0 Å². The van der Waals surface area contributed by atoms with Crippen molar-refractivity contribution in [2.75, 3.05) is 37.8 Å². The summed E-state index contributed by atoms with van der Waals surface area (Å²) in [6.45, 7) is 8.18. The van der Waals surface area contributed by atoms with Gasteiger partial charge in [0.25, 0.3) is 0 Å². The summed E-state index contributed by atoms with van der Waals surface area (Å²) in [6.07, 6.45) is 7.21. The number of nitrogens with zero attached hydrogens (tertiary/aromatic N) is 2. The molecular weight excluding hydrogens is 366 g/mol. The standard InChI is InChI=1S/C22H37N5S/c1-16-14-27(15-17(2)25-16)22(26-20-9-4-5-10-21(20)28-3)24-13-19-8-6-7-18(11-19)12-23/h4-5,9-10,16-19,25H,6-8,11-15,23H2,1-3H3,(H,24,26). The third-order valence-corrected chi connectivity index (χ3v) is 6.73. The van der Waals surface area contributed by atoms with Gasteiger partial charge in [0, 0.05) is 36.6 Å². The number of anilines is 1. The molecule has 4 atom stereocenters. The van der Waals surface area contributed by atoms with Crippen LogP contribution in [0.3, 0.4) is 0 Å². The van der Waals surface area contributed by atoms with Crippen LogP contribution in [0.15, 0.2) is 34.2 Å². The molecule has 2 aliphatic rings. The van der Waals surface area contributed by atoms with Crippen LogP contribution in [0.4, 0.5) is 5.69 Å². The first-order valence-corrected chi connectivity index (χ1v) is 12.0. The van der Waals surface area contributed by atoms with Crippen LogP contribution in [0.2, 0.25) is 0 Å². The smallest absolute Gasteiger partial charge is 0.198 e. The Labute approximate surface area is 174 Å². The van der Waals surface area contributed by atoms with Crippen LogP contribution in [-0.2, 0) is 0 Å². The molecule has 0 amide bonds. The Balaban J connectivity index is 1.77. The Kier molecular flexibility index (Phi) is 8.06. The number of nitrogens with two attached hydrogens (primary N) is 1. The van der Waals surface area contributed by atoms with Crippen LogP contribution in [0.5, 0.6) is 0 Å². The van der Waals surface area contributed by atoms with Crippen molar-refractivity contribution in [1.29, 1.82) is 0 Å². The maximum Gasteiger partial charge on any atom is 0.198 e. The van der Waals surface area contributed by atoms with E-state index in [1.54, 1.807) is 11.8 Å². The quantitative estimate of drug-likeness (QED) is 0.398. The van der Waals surface area contributed by atoms with Gasteiger partial charge in [0.2, 0.25) is 0 Å². The van der Waals surface area contributed by atoms with E-state index in [1.165, 1.54) is 30.6 Å². The van der Waals surface area contributed by atoms with Crippen molar-refractivity contribution in [3.8, 4) is 0 Å². The number of para-hydroxylation sites is 1. The van der Waals surface area contributed by atoms with Gasteiger partial charge in [0.15, 0.2) is 5.96 Å². The second-order valence-corrected chi connectivity index (χ2v) is 9.35. The Morgan fingerprint density at radius 1 is 1.21 bits per heavy atom. The van der Waals surface area contributed by atoms with E-state index in [0.29, 0.717) is 23.9 Å². The van der Waals surface area contributed by atoms with Gasteiger partial charge in [-0.05, 0) is 69.9 Å². The number of nitrogens with one attached hydrogen (secondary N) is 2. The molecule has 6 heteroatoms. The van der Waals surface area contributed by atoms with E-state index in [1.807, 2.05) is 0 Å². The molecule has 0 aromatic heterocycles. The summed E-state index contributed by atoms with van der Waals surface area (Å²) in [6, 6.07) is 9.43. The van der Waals surface area contributed by atoms with E-state index < -0.39 is 0 Å². The SMILES string of the molecule is CSc1ccccc1NC(=NCC1CCCC(CN)C1)N1CC(C)NC(C)C1. The highest BCUT2D eigenvalue weighted by Gasteiger charge is 2.25. The van der Waals surface area contributed by atoms with Gasteiger partial charge in [-0.1, -0.05) is 18.6 Å². The maximum absolute atomic E-state index is 5.94. The van der Waals surface area contributed by atoms with E-state index >= 15 is 0 Å². The molecule has 1 aromatic rings. The summed E-state index contributed by atoms with van der Waals surface area (Å²) in [5.41, 5.74) is 7.09. The fourth-order valence-corrected chi connectivity index (χ4v) is 5.14. The summed E-state index contributed by atoms with van der Waals surface area (Å²) in [7, 11) is 0. The number of rotatable bonds is 5. The minimum Gasteiger partial charge on any atom is -0.340 e. The monoisotopic (exact) mass is 403 g/mol. The van der Waals surface area contributed by atoms with Crippen molar-refractivity contribution in [2.24, 2.45) is 22.6 Å². The second-order valence-electron chi connectivity index (χ2n) is 8.50. The van der Waals surface area contributed by atoms with E-state index in [-0.39, 0.29) is 0 Å². The zero-order chi connectivity index (χ0) is 19.9. The van der Waals surface area contributed by atoms with Gasteiger partial charge in [-0.2, -0.15) is 0 Å². The minimum absolute atomic E-state index is 0.461. The summed E-state index contributed by atoms with van der Waals surface area (Å²) >= 11 is 1.77. The molecule has 5 nitrogen and oxygen atoms in total. The molecule has 4 N–H and O–H groups in total. The van der Waals surface area contributed by atoms with Crippen LogP contribution in [0, 0.1) is 11.8 Å². The maximum atomic E-state index is 5.94. The number of aliphatic imine (C=N–C) groups is 1. The number of hydrogen-bond acceptors (Lipinski definition) is 4. The number of piperazine rings is 1. The van der Waals surface area contributed by atoms with E-state index in [2.05, 4.69) is 59.9 Å². The Hall–Kier alpha value is -1.24. The lowest BCUT2D eigenvalue weighted by molar-refractivity contribution is 0.251. The molecule has 1 saturated heterocycles. The van der Waals surface area contributed by atoms with Crippen molar-refractivity contribution >= 4 is 23.4 Å². The molecule has 0 radical (unpaired) electrons. The second kappa shape index (κ2) is 10.5. The van der Waals surface area contributed by atoms with Crippen LogP contribution in [0.1, 0.15) is 39.5 Å². The molecule has 28 heavy (non-hydrogen) atoms. The highest BCUT2D eigenvalue weighted by atomic mass is 32.2. The van der Waals surface area contributed by atoms with E-state index in [9.17, 15) is 0 Å². The number of hydrogen-bond donors (Lipinski definition) is 3. The Bertz CT molecular complexity index is 640. The molecule has 1 saturated carbocycles. The van der Waals surface area contributed by atoms with Crippen LogP contribution >= 0.6 is 11.8 Å². The first kappa shape index (κ1) is 21.5. The molecule has 0 spiro atoms. The lowest BCUT2D eigenvalue weighted by atomic mass is 9.81. The van der Waals surface area contributed by atoms with E-state index in [0.717, 1.165) is 37.8 Å². The number of benzene rings is 1. The summed E-state index contributed by atoms with van der Waals surface area (Å²) < 4.78 is 0. The highest BCUT2D eigenvalue weighted by molar-refractivity contribution is 7.98. The predicted octanol–water partition coefficient (Wildman–Crippen LogP) is 3.62. The molecule has 3 rings (SSSR count). The minimum atomic E-state index is 0.461. The van der Waals surface area contributed by atoms with Gasteiger partial charge in [-0.15, -0.1) is 11.8 Å². The summed E-state index contributed by atoms with van der Waals surface area (Å²) in [5, 5.41) is 7.30. The van der Waals surface area contributed by atoms with Gasteiger partial charge in [0.05, 0.1) is 5.69 Å². The molecule has 0 bridgehead atoms. The molecule has 1 aliphatic carbocycles. The van der Waals surface area contributed by atoms with Crippen LogP contribution in [-0.4, -0.2) is 55.4 Å². The molecule has 156 valence electrons. The van der Waals surface area contributed by atoms with Crippen molar-refractivity contribution in [3.05, 3.63) is 24.3 Å². The zero-order valence-corrected chi connectivity index (χ0v) is 18.5. The van der Waals surface area contributed by atoms with Gasteiger partial charge < -0.3 is 21.3 Å². The third kappa shape index (κ3) is 5.88. The molecular formula is C22H37N5S. The van der Waals surface area contributed by atoms with Crippen molar-refractivity contribution in [2.45, 2.75) is 56.5 Å². The van der Waals surface area contributed by atoms with Crippen molar-refractivity contribution in [1.82, 2.24) is 10.2 Å². The molecule has 4 unspecified atom stereocenters. The van der Waals surface area contributed by atoms with Crippen molar-refractivity contribution < 1.29 is 0 Å². The van der Waals surface area contributed by atoms with Crippen LogP contribution < -0.4 is 16.4 Å². The topological polar surface area (TPSA) is 65.7 Å². The summed E-state index contributed by atoms with van der Waals surface area (Å²) in [5.74, 6) is 2.37. The normalized spacial score (nSPS) is 29.0. The van der Waals surface area contributed by atoms with E-state index in [4.69, 9.17) is 10.7 Å². The third-order valence-electron chi connectivity index (χ3n) is 5.93. The molecule has 1 aromatic carbocycles. The number of guanidine groups is 1. The average molecular weight is 404 g/mol. The molecule has 1 aliphatic heterocycles. The average Bonchev–Trinajstić information content (AvgIpc) is 2.70. The Morgan fingerprint density at radius 3 is 2.64 bits per heavy atom. The van der Waals surface area contributed by atoms with Gasteiger partial charge in [-0.25, -0.2) is 0 Å². The summed E-state index contributed by atoms with van der Waals surface area (Å²) in [4.78, 5) is 8.81. The molecule has 1 heterocycles. The molecule has 2 fully saturated rings. The first-order chi connectivity index (χ1) is 13.6. The predicted molar refractivity (Wildman–Crippen MR) is 122 cm³/mol. The highest BCUT2D eigenvalue weighted by Crippen LogP contribution is 2.29. The van der Waals surface area contributed by atoms with Crippen LogP contribution in [0.25, 0.3) is 0 Å². The fourth-order valence-electron chi connectivity index (χ4n) is 4.58.